The zero-order chi connectivity index (χ0) is 26.2. The molecule has 0 unspecified atom stereocenters. The highest BCUT2D eigenvalue weighted by atomic mass is 19.4. The van der Waals surface area contributed by atoms with Crippen molar-refractivity contribution in [3.8, 4) is 5.75 Å². The number of ether oxygens (including phenoxy) is 1. The molecule has 0 saturated carbocycles. The number of nitrogens with two attached hydrogens (primary N) is 1. The second-order valence-corrected chi connectivity index (χ2v) is 8.30. The Kier molecular flexibility index (Phi) is 5.99. The number of hydrogen-bond donors (Lipinski definition) is 5. The minimum atomic E-state index is -4.79. The van der Waals surface area contributed by atoms with E-state index in [-0.39, 0.29) is 17.9 Å². The van der Waals surface area contributed by atoms with Crippen molar-refractivity contribution in [1.82, 2.24) is 25.3 Å². The van der Waals surface area contributed by atoms with E-state index < -0.39 is 18.0 Å². The SMILES string of the molecule is N=C(N)c1ccc2nc(Cc3nc4ccc(CNC(=O)c5ccc(OC(F)(F)F)cc5)cc4[nH]3)[nH]c2c1. The van der Waals surface area contributed by atoms with E-state index >= 15 is 0 Å². The van der Waals surface area contributed by atoms with Crippen LogP contribution in [0, 0.1) is 5.41 Å². The van der Waals surface area contributed by atoms with E-state index in [1.165, 1.54) is 12.1 Å². The first-order valence-corrected chi connectivity index (χ1v) is 11.1. The molecule has 0 aliphatic rings. The zero-order valence-corrected chi connectivity index (χ0v) is 19.1. The summed E-state index contributed by atoms with van der Waals surface area (Å²) in [7, 11) is 0. The van der Waals surface area contributed by atoms with Crippen molar-refractivity contribution in [2.45, 2.75) is 19.3 Å². The Bertz CT molecular complexity index is 1620. The number of benzene rings is 3. The number of aromatic nitrogens is 4. The van der Waals surface area contributed by atoms with Crippen LogP contribution in [0.25, 0.3) is 22.1 Å². The van der Waals surface area contributed by atoms with E-state index in [1.54, 1.807) is 18.2 Å². The van der Waals surface area contributed by atoms with Gasteiger partial charge in [0.15, 0.2) is 0 Å². The molecule has 0 aliphatic carbocycles. The molecule has 3 aromatic carbocycles. The van der Waals surface area contributed by atoms with Gasteiger partial charge in [0.05, 0.1) is 28.5 Å². The first-order chi connectivity index (χ1) is 17.6. The van der Waals surface area contributed by atoms with Crippen LogP contribution in [0.4, 0.5) is 13.2 Å². The highest BCUT2D eigenvalue weighted by Gasteiger charge is 2.31. The lowest BCUT2D eigenvalue weighted by Gasteiger charge is -2.09. The van der Waals surface area contributed by atoms with Gasteiger partial charge in [-0.05, 0) is 60.2 Å². The van der Waals surface area contributed by atoms with Crippen LogP contribution < -0.4 is 15.8 Å². The Morgan fingerprint density at radius 2 is 1.51 bits per heavy atom. The van der Waals surface area contributed by atoms with Gasteiger partial charge in [-0.1, -0.05) is 6.07 Å². The van der Waals surface area contributed by atoms with E-state index in [0.717, 1.165) is 39.8 Å². The minimum absolute atomic E-state index is 0.0178. The van der Waals surface area contributed by atoms with Gasteiger partial charge in [0.25, 0.3) is 5.91 Å². The third-order valence-corrected chi connectivity index (χ3v) is 5.58. The van der Waals surface area contributed by atoms with E-state index in [4.69, 9.17) is 11.1 Å². The molecule has 0 spiro atoms. The number of nitrogen functional groups attached to an aromatic ring is 1. The number of amidine groups is 1. The van der Waals surface area contributed by atoms with Crippen molar-refractivity contribution in [3.05, 3.63) is 89.0 Å². The average molecular weight is 507 g/mol. The number of carbonyl (C=O) groups excluding carboxylic acids is 1. The van der Waals surface area contributed by atoms with Crippen LogP contribution in [0.5, 0.6) is 5.75 Å². The summed E-state index contributed by atoms with van der Waals surface area (Å²) in [5.74, 6) is 0.558. The highest BCUT2D eigenvalue weighted by Crippen LogP contribution is 2.23. The fourth-order valence-corrected chi connectivity index (χ4v) is 3.87. The van der Waals surface area contributed by atoms with Crippen LogP contribution in [-0.2, 0) is 13.0 Å². The second-order valence-electron chi connectivity index (χ2n) is 8.30. The standard InChI is InChI=1S/C25H20F3N7O2/c26-25(27,28)37-16-5-2-14(3-6-16)24(36)31-12-13-1-7-17-19(9-13)34-21(32-17)11-22-33-18-8-4-15(23(29)30)10-20(18)35-22/h1-10H,11-12H2,(H3,29,30)(H,31,36)(H,32,34)(H,33,35). The molecule has 1 amide bonds. The fraction of sp³-hybridized carbons (Fsp3) is 0.120. The van der Waals surface area contributed by atoms with Gasteiger partial charge >= 0.3 is 6.36 Å². The Morgan fingerprint density at radius 3 is 2.14 bits per heavy atom. The number of nitrogens with one attached hydrogen (secondary N) is 4. The third kappa shape index (κ3) is 5.53. The number of carbonyl (C=O) groups is 1. The molecule has 0 radical (unpaired) electrons. The number of hydrogen-bond acceptors (Lipinski definition) is 5. The Balaban J connectivity index is 1.24. The maximum atomic E-state index is 12.4. The van der Waals surface area contributed by atoms with Gasteiger partial charge in [-0.15, -0.1) is 13.2 Å². The maximum Gasteiger partial charge on any atom is 0.573 e. The topological polar surface area (TPSA) is 146 Å². The Labute approximate surface area is 207 Å². The quantitative estimate of drug-likeness (QED) is 0.166. The van der Waals surface area contributed by atoms with Crippen molar-refractivity contribution < 1.29 is 22.7 Å². The molecule has 0 atom stereocenters. The smallest absolute Gasteiger partial charge is 0.406 e. The number of amides is 1. The van der Waals surface area contributed by atoms with Crippen molar-refractivity contribution in [2.24, 2.45) is 5.73 Å². The van der Waals surface area contributed by atoms with Gasteiger partial charge in [-0.2, -0.15) is 0 Å². The van der Waals surface area contributed by atoms with E-state index in [1.807, 2.05) is 18.2 Å². The van der Waals surface area contributed by atoms with Gasteiger partial charge in [-0.3, -0.25) is 10.2 Å². The van der Waals surface area contributed by atoms with Crippen LogP contribution in [0.1, 0.15) is 33.1 Å². The predicted octanol–water partition coefficient (Wildman–Crippen LogP) is 4.14. The van der Waals surface area contributed by atoms with Gasteiger partial charge < -0.3 is 25.8 Å². The summed E-state index contributed by atoms with van der Waals surface area (Å²) in [6.45, 7) is 0.214. The molecule has 12 heteroatoms. The van der Waals surface area contributed by atoms with E-state index in [0.29, 0.717) is 23.6 Å². The maximum absolute atomic E-state index is 12.4. The summed E-state index contributed by atoms with van der Waals surface area (Å²) in [5, 5.41) is 10.3. The van der Waals surface area contributed by atoms with Crippen molar-refractivity contribution >= 4 is 33.8 Å². The minimum Gasteiger partial charge on any atom is -0.406 e. The summed E-state index contributed by atoms with van der Waals surface area (Å²) in [5.41, 5.74) is 10.3. The molecule has 5 aromatic rings. The Morgan fingerprint density at radius 1 is 0.919 bits per heavy atom. The molecule has 0 saturated heterocycles. The molecule has 2 heterocycles. The number of nitrogens with zero attached hydrogens (tertiary/aromatic N) is 2. The van der Waals surface area contributed by atoms with Crippen molar-refractivity contribution in [3.63, 3.8) is 0 Å². The number of imidazole rings is 2. The Hall–Kier alpha value is -4.87. The predicted molar refractivity (Wildman–Crippen MR) is 130 cm³/mol. The van der Waals surface area contributed by atoms with Crippen LogP contribution in [0.3, 0.4) is 0 Å². The molecular formula is C25H20F3N7O2. The number of halogens is 3. The summed E-state index contributed by atoms with van der Waals surface area (Å²) >= 11 is 0. The van der Waals surface area contributed by atoms with Crippen LogP contribution in [0.2, 0.25) is 0 Å². The third-order valence-electron chi connectivity index (χ3n) is 5.58. The molecule has 0 aliphatic heterocycles. The van der Waals surface area contributed by atoms with E-state index in [2.05, 4.69) is 30.0 Å². The summed E-state index contributed by atoms with van der Waals surface area (Å²) in [4.78, 5) is 28.0. The summed E-state index contributed by atoms with van der Waals surface area (Å²) in [6.07, 6.45) is -4.36. The van der Waals surface area contributed by atoms with Gasteiger partial charge in [0.1, 0.15) is 23.2 Å². The largest absolute Gasteiger partial charge is 0.573 e. The zero-order valence-electron chi connectivity index (χ0n) is 19.1. The molecule has 0 bridgehead atoms. The number of alkyl halides is 3. The van der Waals surface area contributed by atoms with Gasteiger partial charge in [-0.25, -0.2) is 9.97 Å². The number of fused-ring (bicyclic) bond motifs is 2. The van der Waals surface area contributed by atoms with Crippen LogP contribution >= 0.6 is 0 Å². The molecule has 188 valence electrons. The van der Waals surface area contributed by atoms with Crippen LogP contribution in [0.15, 0.2) is 60.7 Å². The lowest BCUT2D eigenvalue weighted by molar-refractivity contribution is -0.274. The first-order valence-electron chi connectivity index (χ1n) is 11.1. The monoisotopic (exact) mass is 507 g/mol. The lowest BCUT2D eigenvalue weighted by Crippen LogP contribution is -2.22. The molecule has 0 fully saturated rings. The lowest BCUT2D eigenvalue weighted by atomic mass is 10.1. The molecule has 2 aromatic heterocycles. The van der Waals surface area contributed by atoms with Gasteiger partial charge in [0.2, 0.25) is 0 Å². The molecule has 5 rings (SSSR count). The van der Waals surface area contributed by atoms with Gasteiger partial charge in [0, 0.05) is 17.7 Å². The fourth-order valence-electron chi connectivity index (χ4n) is 3.87. The molecule has 9 nitrogen and oxygen atoms in total. The van der Waals surface area contributed by atoms with E-state index in [9.17, 15) is 18.0 Å². The number of H-pyrrole nitrogens is 2. The van der Waals surface area contributed by atoms with Crippen molar-refractivity contribution in [1.29, 1.82) is 5.41 Å². The average Bonchev–Trinajstić information content (AvgIpc) is 3.43. The van der Waals surface area contributed by atoms with Crippen LogP contribution in [-0.4, -0.2) is 38.0 Å². The summed E-state index contributed by atoms with van der Waals surface area (Å²) in [6, 6.07) is 15.6. The van der Waals surface area contributed by atoms with Crippen molar-refractivity contribution in [2.75, 3.05) is 0 Å². The molecule has 37 heavy (non-hydrogen) atoms. The normalized spacial score (nSPS) is 11.6. The summed E-state index contributed by atoms with van der Waals surface area (Å²) < 4.78 is 40.7. The molecular weight excluding hydrogens is 487 g/mol. The number of rotatable bonds is 7. The first kappa shape index (κ1) is 23.9. The highest BCUT2D eigenvalue weighted by molar-refractivity contribution is 5.98. The second kappa shape index (κ2) is 9.30. The number of aromatic amines is 2. The molecule has 6 N–H and O–H groups in total.